The molecule has 6 nitrogen and oxygen atoms in total. The zero-order valence-corrected chi connectivity index (χ0v) is 23.4. The normalized spacial score (nSPS) is 11.2. The van der Waals surface area contributed by atoms with Gasteiger partial charge in [-0.25, -0.2) is 0 Å². The van der Waals surface area contributed by atoms with Gasteiger partial charge in [-0.3, -0.25) is 0 Å². The first-order chi connectivity index (χ1) is 12.7. The summed E-state index contributed by atoms with van der Waals surface area (Å²) < 4.78 is 1.75. The van der Waals surface area contributed by atoms with Crippen molar-refractivity contribution in [2.45, 2.75) is 62.9 Å². The quantitative estimate of drug-likeness (QED) is 0.163. The summed E-state index contributed by atoms with van der Waals surface area (Å²) in [6.45, 7) is -0.530. The first-order valence-corrected chi connectivity index (χ1v) is 20.6. The molecule has 1 aromatic rings. The molecule has 0 aliphatic rings. The van der Waals surface area contributed by atoms with Crippen molar-refractivity contribution in [3.05, 3.63) is 30.3 Å². The second kappa shape index (κ2) is 17.6. The van der Waals surface area contributed by atoms with E-state index in [9.17, 15) is 0 Å². The van der Waals surface area contributed by atoms with Crippen LogP contribution in [0, 0.1) is 5.92 Å². The van der Waals surface area contributed by atoms with Gasteiger partial charge in [-0.2, -0.15) is 0 Å². The van der Waals surface area contributed by atoms with E-state index >= 15 is 0 Å². The van der Waals surface area contributed by atoms with Crippen LogP contribution in [0.25, 0.3) is 0 Å². The molecule has 0 heterocycles. The Hall–Kier alpha value is 0.903. The van der Waals surface area contributed by atoms with E-state index in [-0.39, 0.29) is 0 Å². The Morgan fingerprint density at radius 1 is 0.821 bits per heavy atom. The summed E-state index contributed by atoms with van der Waals surface area (Å²) in [6.07, 6.45) is 7.19. The number of hydrogen-bond acceptors (Lipinski definition) is 2. The number of unbranched alkanes of at least 4 members (excludes halogenated alkanes) is 4. The van der Waals surface area contributed by atoms with Crippen LogP contribution in [0.1, 0.15) is 52.9 Å². The van der Waals surface area contributed by atoms with Gasteiger partial charge >= 0.3 is 133 Å². The first-order valence-electron chi connectivity index (χ1n) is 9.60. The molecule has 1 aromatic carbocycles. The smallest absolute Gasteiger partial charge is 0.319 e. The van der Waals surface area contributed by atoms with Gasteiger partial charge in [0.15, 0.2) is 0 Å². The summed E-state index contributed by atoms with van der Waals surface area (Å²) in [6, 6.07) is 11.4. The molecule has 0 aliphatic heterocycles. The first kappa shape index (κ1) is 31.1. The zero-order valence-electron chi connectivity index (χ0n) is 17.0. The maximum absolute atomic E-state index is 7.56. The van der Waals surface area contributed by atoms with Crippen molar-refractivity contribution < 1.29 is 45.3 Å². The second-order valence-corrected chi connectivity index (χ2v) is 20.3. The van der Waals surface area contributed by atoms with E-state index in [4.69, 9.17) is 29.4 Å². The third-order valence-electron chi connectivity index (χ3n) is 4.13. The molecule has 0 fully saturated rings. The van der Waals surface area contributed by atoms with Gasteiger partial charge in [0.25, 0.3) is 0 Å². The third-order valence-corrected chi connectivity index (χ3v) is 14.3. The Labute approximate surface area is 185 Å². The van der Waals surface area contributed by atoms with Crippen molar-refractivity contribution in [1.29, 1.82) is 0 Å². The molecule has 0 bridgehead atoms. The van der Waals surface area contributed by atoms with Gasteiger partial charge in [0.2, 0.25) is 0 Å². The van der Waals surface area contributed by atoms with E-state index in [1.54, 1.807) is 9.17 Å². The van der Waals surface area contributed by atoms with Crippen LogP contribution >= 0.6 is 13.4 Å². The molecular weight excluding hydrogens is 492 g/mol. The average molecular weight is 527 g/mol. The molecule has 163 valence electrons. The Balaban J connectivity index is 0. The van der Waals surface area contributed by atoms with Gasteiger partial charge in [-0.1, -0.05) is 0 Å². The second-order valence-electron chi connectivity index (χ2n) is 7.32. The Kier molecular flexibility index (Phi) is 19.5. The SMILES string of the molecule is CCCCCC[CH2][Zn]([CH2]C(C)C)[c]1ccccc1.OP(O)(O)=S.OP(O)(O)=S. The van der Waals surface area contributed by atoms with E-state index in [0.29, 0.717) is 0 Å². The van der Waals surface area contributed by atoms with Gasteiger partial charge in [0.05, 0.1) is 0 Å². The van der Waals surface area contributed by atoms with Crippen molar-refractivity contribution in [2.75, 3.05) is 0 Å². The summed E-state index contributed by atoms with van der Waals surface area (Å²) in [4.78, 5) is 45.3. The van der Waals surface area contributed by atoms with Crippen LogP contribution in [-0.4, -0.2) is 29.4 Å². The fourth-order valence-electron chi connectivity index (χ4n) is 3.11. The van der Waals surface area contributed by atoms with Crippen LogP contribution in [0.5, 0.6) is 0 Å². The van der Waals surface area contributed by atoms with E-state index < -0.39 is 29.4 Å². The molecule has 0 saturated carbocycles. The number of benzene rings is 1. The van der Waals surface area contributed by atoms with Crippen LogP contribution in [0.2, 0.25) is 10.0 Å². The molecule has 0 aliphatic carbocycles. The largest absolute Gasteiger partial charge is 0.325 e. The maximum Gasteiger partial charge on any atom is 0.319 e. The van der Waals surface area contributed by atoms with Crippen LogP contribution in [0.3, 0.4) is 0 Å². The van der Waals surface area contributed by atoms with Crippen molar-refractivity contribution in [2.24, 2.45) is 5.92 Å². The minimum atomic E-state index is -3.81. The fourth-order valence-corrected chi connectivity index (χ4v) is 12.2. The number of rotatable bonds is 9. The van der Waals surface area contributed by atoms with Gasteiger partial charge in [0.1, 0.15) is 0 Å². The summed E-state index contributed by atoms with van der Waals surface area (Å²) >= 11 is 5.77. The fraction of sp³-hybridized carbons (Fsp3) is 0.647. The van der Waals surface area contributed by atoms with Crippen molar-refractivity contribution in [1.82, 2.24) is 0 Å². The molecule has 0 atom stereocenters. The zero-order chi connectivity index (χ0) is 22.2. The van der Waals surface area contributed by atoms with Crippen LogP contribution in [0.4, 0.5) is 0 Å². The molecule has 0 amide bonds. The number of hydrogen-bond donors (Lipinski definition) is 6. The van der Waals surface area contributed by atoms with Crippen LogP contribution in [-0.2, 0) is 39.6 Å². The van der Waals surface area contributed by atoms with E-state index in [0.717, 1.165) is 5.92 Å². The summed E-state index contributed by atoms with van der Waals surface area (Å²) in [5.41, 5.74) is 0. The van der Waals surface area contributed by atoms with Gasteiger partial charge in [0, 0.05) is 0 Å². The molecule has 0 aromatic heterocycles. The molecule has 0 radical (unpaired) electrons. The predicted molar refractivity (Wildman–Crippen MR) is 121 cm³/mol. The minimum absolute atomic E-state index is 0.890. The minimum Gasteiger partial charge on any atom is -0.325 e. The van der Waals surface area contributed by atoms with Crippen LogP contribution < -0.4 is 4.16 Å². The molecular formula is C17H35O6P2S2Zn. The summed E-state index contributed by atoms with van der Waals surface area (Å²) in [5, 5.41) is 3.11. The molecule has 0 unspecified atom stereocenters. The molecule has 6 N–H and O–H groups in total. The van der Waals surface area contributed by atoms with Crippen molar-refractivity contribution >= 4 is 41.2 Å². The Morgan fingerprint density at radius 2 is 1.25 bits per heavy atom. The topological polar surface area (TPSA) is 121 Å². The van der Waals surface area contributed by atoms with Crippen molar-refractivity contribution in [3.8, 4) is 0 Å². The maximum atomic E-state index is 7.56. The third kappa shape index (κ3) is 31.6. The standard InChI is InChI=1S/C7H15.C6H5.C4H9.2H3O3PS.Zn/c1-3-5-7-6-4-2;1-2-4-6-5-3-1;1-4(2)3;2*1-4(2,3)5;/h1,3-7H2,2H3;1-5H;4H,1H2,2-3H3;2*(H3,1,2,3,5);. The molecule has 28 heavy (non-hydrogen) atoms. The van der Waals surface area contributed by atoms with E-state index in [2.05, 4.69) is 74.7 Å². The van der Waals surface area contributed by atoms with Gasteiger partial charge in [-0.05, 0) is 23.6 Å². The average Bonchev–Trinajstić information content (AvgIpc) is 2.51. The van der Waals surface area contributed by atoms with Gasteiger partial charge in [-0.15, -0.1) is 0 Å². The van der Waals surface area contributed by atoms with Crippen molar-refractivity contribution in [3.63, 3.8) is 0 Å². The molecule has 11 heteroatoms. The summed E-state index contributed by atoms with van der Waals surface area (Å²) in [7, 11) is 0. The Bertz CT molecular complexity index is 544. The predicted octanol–water partition coefficient (Wildman–Crippen LogP) is 3.77. The monoisotopic (exact) mass is 525 g/mol. The summed E-state index contributed by atoms with van der Waals surface area (Å²) in [5.74, 6) is 0.890. The van der Waals surface area contributed by atoms with E-state index in [1.165, 1.54) is 37.1 Å². The molecule has 0 spiro atoms. The van der Waals surface area contributed by atoms with Crippen LogP contribution in [0.15, 0.2) is 30.3 Å². The Morgan fingerprint density at radius 3 is 1.64 bits per heavy atom. The molecule has 1 rings (SSSR count). The van der Waals surface area contributed by atoms with E-state index in [1.807, 2.05) is 0 Å². The van der Waals surface area contributed by atoms with Gasteiger partial charge < -0.3 is 29.4 Å². The molecule has 0 saturated heterocycles.